The molecule has 0 aliphatic carbocycles. The van der Waals surface area contributed by atoms with Crippen LogP contribution in [0.4, 0.5) is 0 Å². The van der Waals surface area contributed by atoms with E-state index in [1.807, 2.05) is 19.1 Å². The topological polar surface area (TPSA) is 65.2 Å². The van der Waals surface area contributed by atoms with Crippen LogP contribution in [0, 0.1) is 6.92 Å². The average molecular weight is 154 g/mol. The maximum Gasteiger partial charge on any atom is 0.120 e. The van der Waals surface area contributed by atoms with Crippen LogP contribution in [-0.2, 0) is 0 Å². The van der Waals surface area contributed by atoms with Crippen molar-refractivity contribution >= 4 is 0 Å². The number of rotatable bonds is 3. The van der Waals surface area contributed by atoms with Crippen LogP contribution in [0.3, 0.4) is 0 Å². The molecule has 3 nitrogen and oxygen atoms in total. The van der Waals surface area contributed by atoms with Crippen molar-refractivity contribution < 1.29 is 4.42 Å². The lowest BCUT2D eigenvalue weighted by atomic mass is 10.2. The van der Waals surface area contributed by atoms with E-state index in [2.05, 4.69) is 0 Å². The average Bonchev–Trinajstić information content (AvgIpc) is 2.36. The Morgan fingerprint density at radius 1 is 1.55 bits per heavy atom. The van der Waals surface area contributed by atoms with E-state index in [9.17, 15) is 0 Å². The van der Waals surface area contributed by atoms with Gasteiger partial charge in [-0.2, -0.15) is 0 Å². The summed E-state index contributed by atoms with van der Waals surface area (Å²) in [7, 11) is 0. The second kappa shape index (κ2) is 3.55. The van der Waals surface area contributed by atoms with Gasteiger partial charge in [-0.1, -0.05) is 0 Å². The Labute approximate surface area is 66.4 Å². The highest BCUT2D eigenvalue weighted by molar-refractivity contribution is 5.08. The fourth-order valence-corrected chi connectivity index (χ4v) is 0.975. The lowest BCUT2D eigenvalue weighted by Gasteiger charge is -2.05. The van der Waals surface area contributed by atoms with Crippen LogP contribution in [0.5, 0.6) is 0 Å². The molecule has 3 heteroatoms. The monoisotopic (exact) mass is 154 g/mol. The molecule has 0 bridgehead atoms. The Morgan fingerprint density at radius 2 is 2.27 bits per heavy atom. The summed E-state index contributed by atoms with van der Waals surface area (Å²) in [5.41, 5.74) is 11.1. The molecule has 1 aromatic heterocycles. The molecule has 1 aromatic rings. The zero-order chi connectivity index (χ0) is 8.27. The second-order valence-electron chi connectivity index (χ2n) is 2.63. The first kappa shape index (κ1) is 8.30. The first-order valence-electron chi connectivity index (χ1n) is 3.76. The summed E-state index contributed by atoms with van der Waals surface area (Å²) in [6.45, 7) is 2.50. The molecule has 0 unspecified atom stereocenters. The van der Waals surface area contributed by atoms with Crippen molar-refractivity contribution in [1.29, 1.82) is 0 Å². The van der Waals surface area contributed by atoms with E-state index in [1.54, 1.807) is 0 Å². The standard InChI is InChI=1S/C8H14N2O/c1-6-2-3-8(11-6)7(10)4-5-9/h2-3,7H,4-5,9-10H2,1H3/t7-/m1/s1. The van der Waals surface area contributed by atoms with Gasteiger partial charge in [-0.15, -0.1) is 0 Å². The van der Waals surface area contributed by atoms with E-state index in [0.29, 0.717) is 6.54 Å². The van der Waals surface area contributed by atoms with E-state index in [1.165, 1.54) is 0 Å². The lowest BCUT2D eigenvalue weighted by Crippen LogP contribution is -2.14. The third kappa shape index (κ3) is 2.06. The Hall–Kier alpha value is -0.800. The van der Waals surface area contributed by atoms with Gasteiger partial charge in [0.25, 0.3) is 0 Å². The fraction of sp³-hybridized carbons (Fsp3) is 0.500. The van der Waals surface area contributed by atoms with Gasteiger partial charge in [0.2, 0.25) is 0 Å². The summed E-state index contributed by atoms with van der Waals surface area (Å²) in [5, 5.41) is 0. The maximum atomic E-state index is 5.75. The van der Waals surface area contributed by atoms with E-state index < -0.39 is 0 Å². The van der Waals surface area contributed by atoms with E-state index >= 15 is 0 Å². The van der Waals surface area contributed by atoms with E-state index in [0.717, 1.165) is 17.9 Å². The van der Waals surface area contributed by atoms with Gasteiger partial charge in [0.15, 0.2) is 0 Å². The van der Waals surface area contributed by atoms with Crippen molar-refractivity contribution in [3.05, 3.63) is 23.7 Å². The molecule has 1 heterocycles. The highest BCUT2D eigenvalue weighted by Gasteiger charge is 2.07. The number of hydrogen-bond acceptors (Lipinski definition) is 3. The number of aryl methyl sites for hydroxylation is 1. The summed E-state index contributed by atoms with van der Waals surface area (Å²) >= 11 is 0. The minimum absolute atomic E-state index is 0.0475. The third-order valence-corrected chi connectivity index (χ3v) is 1.60. The van der Waals surface area contributed by atoms with E-state index in [4.69, 9.17) is 15.9 Å². The van der Waals surface area contributed by atoms with Gasteiger partial charge in [-0.25, -0.2) is 0 Å². The minimum atomic E-state index is -0.0475. The maximum absolute atomic E-state index is 5.75. The fourth-order valence-electron chi connectivity index (χ4n) is 0.975. The predicted octanol–water partition coefficient (Wildman–Crippen LogP) is 0.937. The van der Waals surface area contributed by atoms with Gasteiger partial charge in [0, 0.05) is 0 Å². The van der Waals surface area contributed by atoms with Crippen LogP contribution in [0.25, 0.3) is 0 Å². The van der Waals surface area contributed by atoms with Gasteiger partial charge in [-0.3, -0.25) is 0 Å². The molecule has 1 atom stereocenters. The zero-order valence-corrected chi connectivity index (χ0v) is 6.71. The summed E-state index contributed by atoms with van der Waals surface area (Å²) in [6.07, 6.45) is 0.771. The highest BCUT2D eigenvalue weighted by Crippen LogP contribution is 2.15. The van der Waals surface area contributed by atoms with Crippen molar-refractivity contribution in [3.63, 3.8) is 0 Å². The molecule has 0 fully saturated rings. The van der Waals surface area contributed by atoms with Crippen LogP contribution in [0.1, 0.15) is 24.0 Å². The SMILES string of the molecule is Cc1ccc([C@H](N)CCN)o1. The van der Waals surface area contributed by atoms with Crippen molar-refractivity contribution in [2.24, 2.45) is 11.5 Å². The summed E-state index contributed by atoms with van der Waals surface area (Å²) in [4.78, 5) is 0. The van der Waals surface area contributed by atoms with Crippen LogP contribution >= 0.6 is 0 Å². The molecule has 1 rings (SSSR count). The van der Waals surface area contributed by atoms with Gasteiger partial charge >= 0.3 is 0 Å². The molecule has 11 heavy (non-hydrogen) atoms. The van der Waals surface area contributed by atoms with Gasteiger partial charge in [0.1, 0.15) is 11.5 Å². The van der Waals surface area contributed by atoms with Crippen molar-refractivity contribution in [1.82, 2.24) is 0 Å². The van der Waals surface area contributed by atoms with Crippen molar-refractivity contribution in [2.75, 3.05) is 6.54 Å². The van der Waals surface area contributed by atoms with Crippen LogP contribution in [0.2, 0.25) is 0 Å². The van der Waals surface area contributed by atoms with Crippen LogP contribution in [-0.4, -0.2) is 6.54 Å². The Bertz CT molecular complexity index is 220. The minimum Gasteiger partial charge on any atom is -0.465 e. The molecule has 0 amide bonds. The molecule has 0 aliphatic rings. The zero-order valence-electron chi connectivity index (χ0n) is 6.71. The molecule has 62 valence electrons. The summed E-state index contributed by atoms with van der Waals surface area (Å²) < 4.78 is 5.32. The van der Waals surface area contributed by atoms with E-state index in [-0.39, 0.29) is 6.04 Å². The second-order valence-corrected chi connectivity index (χ2v) is 2.63. The number of furan rings is 1. The van der Waals surface area contributed by atoms with Gasteiger partial charge in [-0.05, 0) is 32.0 Å². The first-order valence-corrected chi connectivity index (χ1v) is 3.76. The normalized spacial score (nSPS) is 13.4. The summed E-state index contributed by atoms with van der Waals surface area (Å²) in [5.74, 6) is 1.72. The molecular weight excluding hydrogens is 140 g/mol. The molecular formula is C8H14N2O. The summed E-state index contributed by atoms with van der Waals surface area (Å²) in [6, 6.07) is 3.76. The molecule has 0 radical (unpaired) electrons. The molecule has 0 aliphatic heterocycles. The quantitative estimate of drug-likeness (QED) is 0.680. The number of nitrogens with two attached hydrogens (primary N) is 2. The smallest absolute Gasteiger partial charge is 0.120 e. The molecule has 0 spiro atoms. The Morgan fingerprint density at radius 3 is 2.73 bits per heavy atom. The Kier molecular flexibility index (Phi) is 2.68. The van der Waals surface area contributed by atoms with Crippen molar-refractivity contribution in [2.45, 2.75) is 19.4 Å². The molecule has 0 saturated heterocycles. The first-order chi connectivity index (χ1) is 5.24. The third-order valence-electron chi connectivity index (χ3n) is 1.60. The van der Waals surface area contributed by atoms with Crippen molar-refractivity contribution in [3.8, 4) is 0 Å². The highest BCUT2D eigenvalue weighted by atomic mass is 16.3. The molecule has 0 aromatic carbocycles. The number of hydrogen-bond donors (Lipinski definition) is 2. The van der Waals surface area contributed by atoms with Gasteiger partial charge in [0.05, 0.1) is 6.04 Å². The Balaban J connectivity index is 2.60. The van der Waals surface area contributed by atoms with Gasteiger partial charge < -0.3 is 15.9 Å². The predicted molar refractivity (Wildman–Crippen MR) is 44.0 cm³/mol. The lowest BCUT2D eigenvalue weighted by molar-refractivity contribution is 0.437. The molecule has 0 saturated carbocycles. The van der Waals surface area contributed by atoms with Crippen LogP contribution in [0.15, 0.2) is 16.5 Å². The van der Waals surface area contributed by atoms with Crippen LogP contribution < -0.4 is 11.5 Å². The largest absolute Gasteiger partial charge is 0.465 e. The molecule has 4 N–H and O–H groups in total.